The molecule has 0 aromatic heterocycles. The van der Waals surface area contributed by atoms with E-state index in [1.165, 1.54) is 12.1 Å². The second-order valence-electron chi connectivity index (χ2n) is 6.43. The van der Waals surface area contributed by atoms with Gasteiger partial charge in [-0.2, -0.15) is 5.26 Å². The van der Waals surface area contributed by atoms with Gasteiger partial charge in [-0.05, 0) is 48.9 Å². The predicted octanol–water partition coefficient (Wildman–Crippen LogP) is 3.60. The summed E-state index contributed by atoms with van der Waals surface area (Å²) in [6.07, 6.45) is 0. The molecule has 1 aliphatic heterocycles. The third-order valence-corrected chi connectivity index (χ3v) is 4.60. The summed E-state index contributed by atoms with van der Waals surface area (Å²) < 4.78 is 13.1. The number of halogens is 2. The molecule has 2 aromatic carbocycles. The minimum atomic E-state index is -0.207. The lowest BCUT2D eigenvalue weighted by atomic mass is 10.1. The van der Waals surface area contributed by atoms with Crippen molar-refractivity contribution < 1.29 is 4.39 Å². The largest absolute Gasteiger partial charge is 0.368 e. The Hall–Kier alpha value is -2.34. The first-order chi connectivity index (χ1) is 13.2. The van der Waals surface area contributed by atoms with Gasteiger partial charge in [0.25, 0.3) is 0 Å². The molecule has 5 nitrogen and oxygen atoms in total. The average Bonchev–Trinajstić information content (AvgIpc) is 2.72. The standard InChI is InChI=1S/C21H24FN5.HI/c1-2-24-21(25-16-18-5-3-17(15-23)4-6-18)27-13-11-26(12-14-27)20-9-7-19(22)8-10-20;/h3-10H,2,11-14,16H2,1H3,(H,24,25);1H. The van der Waals surface area contributed by atoms with Gasteiger partial charge in [0, 0.05) is 38.4 Å². The molecular formula is C21H25FIN5. The minimum Gasteiger partial charge on any atom is -0.368 e. The van der Waals surface area contributed by atoms with E-state index in [0.717, 1.165) is 49.9 Å². The van der Waals surface area contributed by atoms with E-state index in [-0.39, 0.29) is 29.8 Å². The zero-order valence-corrected chi connectivity index (χ0v) is 18.3. The molecule has 0 saturated carbocycles. The number of piperazine rings is 1. The van der Waals surface area contributed by atoms with E-state index in [4.69, 9.17) is 10.3 Å². The summed E-state index contributed by atoms with van der Waals surface area (Å²) in [6.45, 7) is 6.90. The van der Waals surface area contributed by atoms with Crippen LogP contribution in [0.3, 0.4) is 0 Å². The molecule has 1 N–H and O–H groups in total. The first-order valence-electron chi connectivity index (χ1n) is 9.22. The Bertz CT molecular complexity index is 806. The van der Waals surface area contributed by atoms with Gasteiger partial charge in [0.2, 0.25) is 0 Å². The Kier molecular flexibility index (Phi) is 8.51. The summed E-state index contributed by atoms with van der Waals surface area (Å²) in [5.41, 5.74) is 2.79. The van der Waals surface area contributed by atoms with Crippen molar-refractivity contribution in [1.82, 2.24) is 10.2 Å². The maximum Gasteiger partial charge on any atom is 0.194 e. The molecule has 148 valence electrons. The lowest BCUT2D eigenvalue weighted by molar-refractivity contribution is 0.372. The van der Waals surface area contributed by atoms with Crippen LogP contribution in [0.1, 0.15) is 18.1 Å². The van der Waals surface area contributed by atoms with E-state index >= 15 is 0 Å². The van der Waals surface area contributed by atoms with Gasteiger partial charge in [-0.15, -0.1) is 24.0 Å². The molecule has 1 heterocycles. The van der Waals surface area contributed by atoms with E-state index in [1.54, 1.807) is 0 Å². The van der Waals surface area contributed by atoms with Crippen LogP contribution < -0.4 is 10.2 Å². The molecule has 1 aliphatic rings. The number of hydrogen-bond donors (Lipinski definition) is 1. The fourth-order valence-corrected chi connectivity index (χ4v) is 3.11. The average molecular weight is 493 g/mol. The summed E-state index contributed by atoms with van der Waals surface area (Å²) in [6, 6.07) is 16.3. The normalized spacial score (nSPS) is 14.2. The van der Waals surface area contributed by atoms with Gasteiger partial charge < -0.3 is 15.1 Å². The Balaban J connectivity index is 0.00000280. The molecule has 0 atom stereocenters. The molecule has 0 spiro atoms. The maximum atomic E-state index is 13.1. The third-order valence-electron chi connectivity index (χ3n) is 4.60. The van der Waals surface area contributed by atoms with Crippen LogP contribution in [0.4, 0.5) is 10.1 Å². The molecule has 7 heteroatoms. The maximum absolute atomic E-state index is 13.1. The highest BCUT2D eigenvalue weighted by molar-refractivity contribution is 14.0. The number of guanidine groups is 1. The number of benzene rings is 2. The van der Waals surface area contributed by atoms with E-state index < -0.39 is 0 Å². The number of nitriles is 1. The predicted molar refractivity (Wildman–Crippen MR) is 122 cm³/mol. The van der Waals surface area contributed by atoms with Crippen molar-refractivity contribution in [1.29, 1.82) is 5.26 Å². The molecule has 0 aliphatic carbocycles. The number of anilines is 1. The molecule has 1 fully saturated rings. The zero-order valence-electron chi connectivity index (χ0n) is 15.9. The van der Waals surface area contributed by atoms with Gasteiger partial charge >= 0.3 is 0 Å². The lowest BCUT2D eigenvalue weighted by Crippen LogP contribution is -2.52. The minimum absolute atomic E-state index is 0. The first-order valence-corrected chi connectivity index (χ1v) is 9.22. The summed E-state index contributed by atoms with van der Waals surface area (Å²) >= 11 is 0. The van der Waals surface area contributed by atoms with Crippen LogP contribution in [0.25, 0.3) is 0 Å². The Morgan fingerprint density at radius 2 is 1.71 bits per heavy atom. The third kappa shape index (κ3) is 5.83. The number of nitrogens with zero attached hydrogens (tertiary/aromatic N) is 4. The fraction of sp³-hybridized carbons (Fsp3) is 0.333. The van der Waals surface area contributed by atoms with E-state index in [9.17, 15) is 4.39 Å². The lowest BCUT2D eigenvalue weighted by Gasteiger charge is -2.37. The fourth-order valence-electron chi connectivity index (χ4n) is 3.11. The monoisotopic (exact) mass is 493 g/mol. The topological polar surface area (TPSA) is 54.7 Å². The van der Waals surface area contributed by atoms with E-state index in [1.807, 2.05) is 36.4 Å². The molecular weight excluding hydrogens is 468 g/mol. The number of nitrogens with one attached hydrogen (secondary N) is 1. The van der Waals surface area contributed by atoms with Crippen molar-refractivity contribution in [3.05, 3.63) is 65.5 Å². The first kappa shape index (κ1) is 22.0. The van der Waals surface area contributed by atoms with Crippen molar-refractivity contribution in [2.75, 3.05) is 37.6 Å². The van der Waals surface area contributed by atoms with Crippen molar-refractivity contribution in [3.8, 4) is 6.07 Å². The molecule has 1 saturated heterocycles. The van der Waals surface area contributed by atoms with Crippen molar-refractivity contribution in [3.63, 3.8) is 0 Å². The Morgan fingerprint density at radius 3 is 2.29 bits per heavy atom. The van der Waals surface area contributed by atoms with Crippen LogP contribution in [-0.2, 0) is 6.54 Å². The highest BCUT2D eigenvalue weighted by Gasteiger charge is 2.19. The SMILES string of the molecule is CCNC(=NCc1ccc(C#N)cc1)N1CCN(c2ccc(F)cc2)CC1.I. The van der Waals surface area contributed by atoms with Crippen molar-refractivity contribution in [2.24, 2.45) is 4.99 Å². The Morgan fingerprint density at radius 1 is 1.07 bits per heavy atom. The molecule has 2 aromatic rings. The zero-order chi connectivity index (χ0) is 19.1. The number of aliphatic imine (C=N–C) groups is 1. The smallest absolute Gasteiger partial charge is 0.194 e. The molecule has 0 unspecified atom stereocenters. The van der Waals surface area contributed by atoms with Crippen LogP contribution in [0, 0.1) is 17.1 Å². The molecule has 3 rings (SSSR count). The van der Waals surface area contributed by atoms with Crippen molar-refractivity contribution in [2.45, 2.75) is 13.5 Å². The van der Waals surface area contributed by atoms with Gasteiger partial charge in [0.1, 0.15) is 5.82 Å². The van der Waals surface area contributed by atoms with Gasteiger partial charge in [-0.25, -0.2) is 9.38 Å². The Labute approximate surface area is 182 Å². The highest BCUT2D eigenvalue weighted by atomic mass is 127. The van der Waals surface area contributed by atoms with E-state index in [0.29, 0.717) is 12.1 Å². The summed E-state index contributed by atoms with van der Waals surface area (Å²) in [7, 11) is 0. The molecule has 0 amide bonds. The van der Waals surface area contributed by atoms with Crippen LogP contribution >= 0.6 is 24.0 Å². The van der Waals surface area contributed by atoms with Gasteiger partial charge in [-0.1, -0.05) is 12.1 Å². The van der Waals surface area contributed by atoms with Crippen molar-refractivity contribution >= 4 is 35.6 Å². The molecule has 28 heavy (non-hydrogen) atoms. The quantitative estimate of drug-likeness (QED) is 0.402. The summed E-state index contributed by atoms with van der Waals surface area (Å²) in [5.74, 6) is 0.697. The van der Waals surface area contributed by atoms with E-state index in [2.05, 4.69) is 28.1 Å². The van der Waals surface area contributed by atoms with Crippen LogP contribution in [0.5, 0.6) is 0 Å². The van der Waals surface area contributed by atoms with Gasteiger partial charge in [0.05, 0.1) is 18.2 Å². The summed E-state index contributed by atoms with van der Waals surface area (Å²) in [5, 5.41) is 12.2. The van der Waals surface area contributed by atoms with Crippen LogP contribution in [-0.4, -0.2) is 43.6 Å². The van der Waals surface area contributed by atoms with Crippen LogP contribution in [0.2, 0.25) is 0 Å². The number of hydrogen-bond acceptors (Lipinski definition) is 3. The second kappa shape index (κ2) is 10.9. The second-order valence-corrected chi connectivity index (χ2v) is 6.43. The number of rotatable bonds is 4. The van der Waals surface area contributed by atoms with Gasteiger partial charge in [0.15, 0.2) is 5.96 Å². The van der Waals surface area contributed by atoms with Crippen LogP contribution in [0.15, 0.2) is 53.5 Å². The highest BCUT2D eigenvalue weighted by Crippen LogP contribution is 2.17. The van der Waals surface area contributed by atoms with Gasteiger partial charge in [-0.3, -0.25) is 0 Å². The summed E-state index contributed by atoms with van der Waals surface area (Å²) in [4.78, 5) is 9.27. The molecule has 0 bridgehead atoms. The molecule has 0 radical (unpaired) electrons.